The lowest BCUT2D eigenvalue weighted by Crippen LogP contribution is -2.33. The predicted octanol–water partition coefficient (Wildman–Crippen LogP) is 2.56. The van der Waals surface area contributed by atoms with Crippen LogP contribution in [0.2, 0.25) is 0 Å². The Hall–Kier alpha value is -3.06. The molecule has 29 heavy (non-hydrogen) atoms. The third-order valence-electron chi connectivity index (χ3n) is 5.13. The van der Waals surface area contributed by atoms with Gasteiger partial charge in [0, 0.05) is 30.5 Å². The van der Waals surface area contributed by atoms with Crippen LogP contribution in [0.15, 0.2) is 42.5 Å². The summed E-state index contributed by atoms with van der Waals surface area (Å²) in [6, 6.07) is 13.1. The third-order valence-corrected chi connectivity index (χ3v) is 5.13. The minimum absolute atomic E-state index is 0.192. The molecule has 7 heteroatoms. The largest absolute Gasteiger partial charge is 0.486 e. The van der Waals surface area contributed by atoms with Crippen molar-refractivity contribution in [3.63, 3.8) is 0 Å². The summed E-state index contributed by atoms with van der Waals surface area (Å²) < 4.78 is 11.1. The third kappa shape index (κ3) is 4.19. The standard InChI is InChI=1S/C22H25N3O4/c1-2-23-14-15-4-3-5-16(12-15)24-21(26)18-8-9-25(22(18)27)17-6-7-19-20(13-17)29-11-10-28-19/h3-7,12-13,18,23H,2,8-11,14H2,1H3,(H,24,26). The van der Waals surface area contributed by atoms with Gasteiger partial charge in [0.1, 0.15) is 19.1 Å². The van der Waals surface area contributed by atoms with Crippen LogP contribution in [0.25, 0.3) is 0 Å². The number of hydrogen-bond acceptors (Lipinski definition) is 5. The normalized spacial score (nSPS) is 18.0. The monoisotopic (exact) mass is 395 g/mol. The van der Waals surface area contributed by atoms with Crippen molar-refractivity contribution < 1.29 is 19.1 Å². The number of ether oxygens (including phenoxy) is 2. The van der Waals surface area contributed by atoms with Crippen molar-refractivity contribution in [3.8, 4) is 11.5 Å². The molecule has 1 unspecified atom stereocenters. The molecule has 0 aromatic heterocycles. The smallest absolute Gasteiger partial charge is 0.239 e. The summed E-state index contributed by atoms with van der Waals surface area (Å²) >= 11 is 0. The summed E-state index contributed by atoms with van der Waals surface area (Å²) in [4.78, 5) is 27.3. The van der Waals surface area contributed by atoms with Crippen LogP contribution in [0.4, 0.5) is 11.4 Å². The number of nitrogens with one attached hydrogen (secondary N) is 2. The topological polar surface area (TPSA) is 79.9 Å². The number of fused-ring (bicyclic) bond motifs is 1. The van der Waals surface area contributed by atoms with Gasteiger partial charge < -0.3 is 25.0 Å². The van der Waals surface area contributed by atoms with Gasteiger partial charge in [-0.2, -0.15) is 0 Å². The van der Waals surface area contributed by atoms with Gasteiger partial charge in [0.15, 0.2) is 11.5 Å². The number of anilines is 2. The van der Waals surface area contributed by atoms with E-state index in [-0.39, 0.29) is 11.8 Å². The Morgan fingerprint density at radius 1 is 1.14 bits per heavy atom. The highest BCUT2D eigenvalue weighted by atomic mass is 16.6. The second-order valence-corrected chi connectivity index (χ2v) is 7.13. The molecule has 2 N–H and O–H groups in total. The lowest BCUT2D eigenvalue weighted by Gasteiger charge is -2.22. The van der Waals surface area contributed by atoms with E-state index in [1.165, 1.54) is 0 Å². The molecule has 0 bridgehead atoms. The van der Waals surface area contributed by atoms with E-state index in [9.17, 15) is 9.59 Å². The molecule has 1 saturated heterocycles. The van der Waals surface area contributed by atoms with Gasteiger partial charge in [0.25, 0.3) is 0 Å². The Balaban J connectivity index is 1.43. The first-order valence-electron chi connectivity index (χ1n) is 9.97. The number of carbonyl (C=O) groups excluding carboxylic acids is 2. The van der Waals surface area contributed by atoms with Crippen molar-refractivity contribution in [3.05, 3.63) is 48.0 Å². The zero-order valence-electron chi connectivity index (χ0n) is 16.4. The Morgan fingerprint density at radius 3 is 2.79 bits per heavy atom. The van der Waals surface area contributed by atoms with Crippen LogP contribution in [0, 0.1) is 5.92 Å². The van der Waals surface area contributed by atoms with Crippen LogP contribution in [-0.2, 0) is 16.1 Å². The molecular weight excluding hydrogens is 370 g/mol. The average molecular weight is 395 g/mol. The van der Waals surface area contributed by atoms with Crippen LogP contribution >= 0.6 is 0 Å². The highest BCUT2D eigenvalue weighted by Gasteiger charge is 2.38. The first-order valence-corrected chi connectivity index (χ1v) is 9.97. The summed E-state index contributed by atoms with van der Waals surface area (Å²) in [5, 5.41) is 6.15. The summed E-state index contributed by atoms with van der Waals surface area (Å²) in [6.07, 6.45) is 0.482. The molecule has 0 radical (unpaired) electrons. The molecule has 1 atom stereocenters. The first kappa shape index (κ1) is 19.3. The van der Waals surface area contributed by atoms with Gasteiger partial charge in [0.05, 0.1) is 0 Å². The van der Waals surface area contributed by atoms with Crippen LogP contribution in [-0.4, -0.2) is 38.1 Å². The molecule has 152 valence electrons. The Kier molecular flexibility index (Phi) is 5.67. The molecular formula is C22H25N3O4. The van der Waals surface area contributed by atoms with Crippen molar-refractivity contribution in [2.75, 3.05) is 36.5 Å². The number of rotatable bonds is 6. The fraction of sp³-hybridized carbons (Fsp3) is 0.364. The lowest BCUT2D eigenvalue weighted by molar-refractivity contribution is -0.129. The zero-order chi connectivity index (χ0) is 20.2. The molecule has 4 rings (SSSR count). The molecule has 0 saturated carbocycles. The second kappa shape index (κ2) is 8.53. The molecule has 2 amide bonds. The van der Waals surface area contributed by atoms with Crippen molar-refractivity contribution in [1.82, 2.24) is 5.32 Å². The SMILES string of the molecule is CCNCc1cccc(NC(=O)C2CCN(c3ccc4c(c3)OCCO4)C2=O)c1. The van der Waals surface area contributed by atoms with Crippen LogP contribution in [0.5, 0.6) is 11.5 Å². The Bertz CT molecular complexity index is 915. The van der Waals surface area contributed by atoms with Gasteiger partial charge >= 0.3 is 0 Å². The van der Waals surface area contributed by atoms with E-state index < -0.39 is 5.92 Å². The van der Waals surface area contributed by atoms with Gasteiger partial charge in [0.2, 0.25) is 11.8 Å². The van der Waals surface area contributed by atoms with Gasteiger partial charge in [-0.3, -0.25) is 9.59 Å². The van der Waals surface area contributed by atoms with E-state index in [2.05, 4.69) is 10.6 Å². The van der Waals surface area contributed by atoms with Crippen LogP contribution in [0.3, 0.4) is 0 Å². The van der Waals surface area contributed by atoms with Crippen molar-refractivity contribution in [2.45, 2.75) is 19.9 Å². The number of hydrogen-bond donors (Lipinski definition) is 2. The highest BCUT2D eigenvalue weighted by molar-refractivity contribution is 6.13. The summed E-state index contributed by atoms with van der Waals surface area (Å²) in [7, 11) is 0. The van der Waals surface area contributed by atoms with Gasteiger partial charge in [-0.25, -0.2) is 0 Å². The maximum atomic E-state index is 12.9. The molecule has 0 aliphatic carbocycles. The molecule has 2 aromatic carbocycles. The Labute approximate surface area is 170 Å². The number of nitrogens with zero attached hydrogens (tertiary/aromatic N) is 1. The number of amides is 2. The first-order chi connectivity index (χ1) is 14.2. The van der Waals surface area contributed by atoms with Crippen molar-refractivity contribution >= 4 is 23.2 Å². The summed E-state index contributed by atoms with van der Waals surface area (Å²) in [6.45, 7) is 5.17. The second-order valence-electron chi connectivity index (χ2n) is 7.13. The maximum absolute atomic E-state index is 12.9. The molecule has 2 heterocycles. The fourth-order valence-electron chi connectivity index (χ4n) is 3.64. The van der Waals surface area contributed by atoms with Gasteiger partial charge in [-0.1, -0.05) is 19.1 Å². The summed E-state index contributed by atoms with van der Waals surface area (Å²) in [5.41, 5.74) is 2.51. The number of benzene rings is 2. The molecule has 1 fully saturated rings. The minimum atomic E-state index is -0.694. The van der Waals surface area contributed by atoms with Gasteiger partial charge in [-0.15, -0.1) is 0 Å². The van der Waals surface area contributed by atoms with E-state index in [1.54, 1.807) is 17.0 Å². The fourth-order valence-corrected chi connectivity index (χ4v) is 3.64. The van der Waals surface area contributed by atoms with Crippen LogP contribution in [0.1, 0.15) is 18.9 Å². The molecule has 2 aliphatic rings. The summed E-state index contributed by atoms with van der Waals surface area (Å²) in [5.74, 6) is 0.157. The lowest BCUT2D eigenvalue weighted by atomic mass is 10.1. The van der Waals surface area contributed by atoms with E-state index in [0.29, 0.717) is 43.4 Å². The maximum Gasteiger partial charge on any atom is 0.239 e. The number of carbonyl (C=O) groups is 2. The van der Waals surface area contributed by atoms with E-state index in [4.69, 9.17) is 9.47 Å². The molecule has 7 nitrogen and oxygen atoms in total. The molecule has 0 spiro atoms. The quantitative estimate of drug-likeness (QED) is 0.735. The van der Waals surface area contributed by atoms with E-state index in [1.807, 2.05) is 37.3 Å². The average Bonchev–Trinajstić information content (AvgIpc) is 3.13. The van der Waals surface area contributed by atoms with Crippen molar-refractivity contribution in [1.29, 1.82) is 0 Å². The van der Waals surface area contributed by atoms with E-state index in [0.717, 1.165) is 24.3 Å². The zero-order valence-corrected chi connectivity index (χ0v) is 16.4. The predicted molar refractivity (Wildman–Crippen MR) is 110 cm³/mol. The van der Waals surface area contributed by atoms with Crippen molar-refractivity contribution in [2.24, 2.45) is 5.92 Å². The Morgan fingerprint density at radius 2 is 1.97 bits per heavy atom. The van der Waals surface area contributed by atoms with Crippen LogP contribution < -0.4 is 25.0 Å². The van der Waals surface area contributed by atoms with E-state index >= 15 is 0 Å². The highest BCUT2D eigenvalue weighted by Crippen LogP contribution is 2.36. The molecule has 2 aliphatic heterocycles. The minimum Gasteiger partial charge on any atom is -0.486 e. The molecule has 2 aromatic rings. The van der Waals surface area contributed by atoms with Gasteiger partial charge in [-0.05, 0) is 42.8 Å².